The SMILES string of the molecule is COc1cccc(Cn2cc3c(-c4cccc(C(=O)NCCC#N)c4)cccc3n2)c1. The van der Waals surface area contributed by atoms with Gasteiger partial charge in [-0.15, -0.1) is 0 Å². The zero-order valence-electron chi connectivity index (χ0n) is 17.2. The smallest absolute Gasteiger partial charge is 0.251 e. The Balaban J connectivity index is 1.64. The van der Waals surface area contributed by atoms with Gasteiger partial charge in [-0.05, 0) is 47.0 Å². The molecule has 1 amide bonds. The van der Waals surface area contributed by atoms with Crippen LogP contribution >= 0.6 is 0 Å². The van der Waals surface area contributed by atoms with Gasteiger partial charge >= 0.3 is 0 Å². The molecule has 3 aromatic carbocycles. The lowest BCUT2D eigenvalue weighted by molar-refractivity contribution is 0.0954. The van der Waals surface area contributed by atoms with Crippen LogP contribution in [0.15, 0.2) is 72.9 Å². The summed E-state index contributed by atoms with van der Waals surface area (Å²) in [6.07, 6.45) is 2.32. The van der Waals surface area contributed by atoms with Gasteiger partial charge in [0, 0.05) is 23.7 Å². The van der Waals surface area contributed by atoms with Crippen molar-refractivity contribution in [3.8, 4) is 22.9 Å². The molecule has 0 fully saturated rings. The minimum absolute atomic E-state index is 0.182. The summed E-state index contributed by atoms with van der Waals surface area (Å²) in [6, 6.07) is 23.5. The summed E-state index contributed by atoms with van der Waals surface area (Å²) in [5, 5.41) is 17.2. The Morgan fingerprint density at radius 1 is 1.13 bits per heavy atom. The van der Waals surface area contributed by atoms with E-state index in [1.54, 1.807) is 13.2 Å². The monoisotopic (exact) mass is 410 g/mol. The molecule has 1 heterocycles. The van der Waals surface area contributed by atoms with Crippen molar-refractivity contribution in [3.05, 3.63) is 84.1 Å². The van der Waals surface area contributed by atoms with Crippen LogP contribution in [0.25, 0.3) is 22.0 Å². The molecule has 0 aliphatic rings. The molecule has 0 aliphatic carbocycles. The predicted molar refractivity (Wildman–Crippen MR) is 120 cm³/mol. The number of hydrogen-bond acceptors (Lipinski definition) is 4. The molecule has 0 bridgehead atoms. The molecule has 0 radical (unpaired) electrons. The summed E-state index contributed by atoms with van der Waals surface area (Å²) in [5.74, 6) is 0.637. The molecule has 4 aromatic rings. The van der Waals surface area contributed by atoms with Gasteiger partial charge in [-0.2, -0.15) is 10.4 Å². The average molecular weight is 410 g/mol. The Kier molecular flexibility index (Phi) is 5.95. The zero-order chi connectivity index (χ0) is 21.6. The standard InChI is InChI=1S/C25H22N4O2/c1-31-21-9-2-6-18(14-21)16-29-17-23-22(10-4-11-24(23)28-29)19-7-3-8-20(15-19)25(30)27-13-5-12-26/h2-4,6-11,14-15,17H,5,13,16H2,1H3,(H,27,30). The highest BCUT2D eigenvalue weighted by atomic mass is 16.5. The van der Waals surface area contributed by atoms with Crippen molar-refractivity contribution in [3.63, 3.8) is 0 Å². The Labute approximate surface area is 180 Å². The molecular formula is C25H22N4O2. The first-order valence-electron chi connectivity index (χ1n) is 10.0. The number of nitrogens with zero attached hydrogens (tertiary/aromatic N) is 3. The van der Waals surface area contributed by atoms with E-state index in [2.05, 4.69) is 5.32 Å². The average Bonchev–Trinajstić information content (AvgIpc) is 3.21. The van der Waals surface area contributed by atoms with Crippen LogP contribution in [0.1, 0.15) is 22.3 Å². The van der Waals surface area contributed by atoms with Gasteiger partial charge in [0.05, 0.1) is 31.7 Å². The Morgan fingerprint density at radius 3 is 2.81 bits per heavy atom. The summed E-state index contributed by atoms with van der Waals surface area (Å²) in [6.45, 7) is 0.971. The minimum Gasteiger partial charge on any atom is -0.497 e. The topological polar surface area (TPSA) is 79.9 Å². The summed E-state index contributed by atoms with van der Waals surface area (Å²) < 4.78 is 7.23. The number of aromatic nitrogens is 2. The maximum atomic E-state index is 12.4. The number of carbonyl (C=O) groups excluding carboxylic acids is 1. The Morgan fingerprint density at radius 2 is 1.97 bits per heavy atom. The Bertz CT molecular complexity index is 1270. The maximum absolute atomic E-state index is 12.4. The van der Waals surface area contributed by atoms with Gasteiger partial charge in [-0.1, -0.05) is 36.4 Å². The molecule has 0 unspecified atom stereocenters. The van der Waals surface area contributed by atoms with Crippen molar-refractivity contribution in [2.75, 3.05) is 13.7 Å². The molecule has 0 saturated carbocycles. The van der Waals surface area contributed by atoms with E-state index in [1.807, 2.05) is 77.6 Å². The van der Waals surface area contributed by atoms with Crippen LogP contribution in [0.5, 0.6) is 5.75 Å². The van der Waals surface area contributed by atoms with Gasteiger partial charge in [0.1, 0.15) is 5.75 Å². The van der Waals surface area contributed by atoms with Crippen LogP contribution < -0.4 is 10.1 Å². The van der Waals surface area contributed by atoms with Gasteiger partial charge in [-0.3, -0.25) is 9.48 Å². The van der Waals surface area contributed by atoms with Crippen LogP contribution in [-0.4, -0.2) is 29.3 Å². The van der Waals surface area contributed by atoms with Crippen molar-refractivity contribution in [2.24, 2.45) is 0 Å². The largest absolute Gasteiger partial charge is 0.497 e. The molecule has 0 spiro atoms. The van der Waals surface area contributed by atoms with Crippen LogP contribution in [0.4, 0.5) is 0 Å². The first-order valence-corrected chi connectivity index (χ1v) is 10.0. The second-order valence-electron chi connectivity index (χ2n) is 7.16. The van der Waals surface area contributed by atoms with E-state index in [-0.39, 0.29) is 12.3 Å². The lowest BCUT2D eigenvalue weighted by Gasteiger charge is -2.07. The van der Waals surface area contributed by atoms with Gasteiger partial charge in [-0.25, -0.2) is 0 Å². The number of benzene rings is 3. The third-order valence-electron chi connectivity index (χ3n) is 5.03. The van der Waals surface area contributed by atoms with Gasteiger partial charge in [0.2, 0.25) is 0 Å². The van der Waals surface area contributed by atoms with Gasteiger partial charge in [0.25, 0.3) is 5.91 Å². The van der Waals surface area contributed by atoms with Crippen LogP contribution in [-0.2, 0) is 6.54 Å². The molecule has 0 atom stereocenters. The van der Waals surface area contributed by atoms with Crippen molar-refractivity contribution >= 4 is 16.8 Å². The van der Waals surface area contributed by atoms with Gasteiger partial charge in [0.15, 0.2) is 0 Å². The van der Waals surface area contributed by atoms with E-state index in [0.717, 1.165) is 33.3 Å². The molecule has 6 heteroatoms. The second kappa shape index (κ2) is 9.14. The van der Waals surface area contributed by atoms with Crippen molar-refractivity contribution in [1.29, 1.82) is 5.26 Å². The quantitative estimate of drug-likeness (QED) is 0.458. The summed E-state index contributed by atoms with van der Waals surface area (Å²) in [4.78, 5) is 12.4. The molecule has 6 nitrogen and oxygen atoms in total. The normalized spacial score (nSPS) is 10.6. The molecule has 31 heavy (non-hydrogen) atoms. The van der Waals surface area contributed by atoms with E-state index in [9.17, 15) is 4.79 Å². The number of nitriles is 1. The first-order chi connectivity index (χ1) is 15.2. The molecule has 154 valence electrons. The van der Waals surface area contributed by atoms with E-state index in [1.165, 1.54) is 0 Å². The number of methoxy groups -OCH3 is 1. The fourth-order valence-corrected chi connectivity index (χ4v) is 3.54. The van der Waals surface area contributed by atoms with Crippen LogP contribution in [0.2, 0.25) is 0 Å². The van der Waals surface area contributed by atoms with Crippen molar-refractivity contribution in [1.82, 2.24) is 15.1 Å². The Hall–Kier alpha value is -4.11. The predicted octanol–water partition coefficient (Wildman–Crippen LogP) is 4.40. The van der Waals surface area contributed by atoms with E-state index in [4.69, 9.17) is 15.1 Å². The zero-order valence-corrected chi connectivity index (χ0v) is 17.2. The summed E-state index contributed by atoms with van der Waals surface area (Å²) >= 11 is 0. The molecule has 1 N–H and O–H groups in total. The fourth-order valence-electron chi connectivity index (χ4n) is 3.54. The van der Waals surface area contributed by atoms with E-state index < -0.39 is 0 Å². The lowest BCUT2D eigenvalue weighted by atomic mass is 10.00. The molecular weight excluding hydrogens is 388 g/mol. The molecule has 1 aromatic heterocycles. The van der Waals surface area contributed by atoms with Gasteiger partial charge < -0.3 is 10.1 Å². The van der Waals surface area contributed by atoms with E-state index >= 15 is 0 Å². The highest BCUT2D eigenvalue weighted by Gasteiger charge is 2.11. The molecule has 0 aliphatic heterocycles. The molecule has 0 saturated heterocycles. The number of fused-ring (bicyclic) bond motifs is 1. The number of rotatable bonds is 7. The molecule has 4 rings (SSSR count). The number of amides is 1. The third-order valence-corrected chi connectivity index (χ3v) is 5.03. The number of hydrogen-bond donors (Lipinski definition) is 1. The third kappa shape index (κ3) is 4.57. The minimum atomic E-state index is -0.182. The van der Waals surface area contributed by atoms with Crippen LogP contribution in [0.3, 0.4) is 0 Å². The highest BCUT2D eigenvalue weighted by Crippen LogP contribution is 2.29. The van der Waals surface area contributed by atoms with Crippen molar-refractivity contribution < 1.29 is 9.53 Å². The first kappa shape index (κ1) is 20.2. The fraction of sp³-hybridized carbons (Fsp3) is 0.160. The van der Waals surface area contributed by atoms with Crippen molar-refractivity contribution in [2.45, 2.75) is 13.0 Å². The number of carbonyl (C=O) groups is 1. The van der Waals surface area contributed by atoms with E-state index in [0.29, 0.717) is 18.7 Å². The van der Waals surface area contributed by atoms with Crippen LogP contribution in [0, 0.1) is 11.3 Å². The second-order valence-corrected chi connectivity index (χ2v) is 7.16. The lowest BCUT2D eigenvalue weighted by Crippen LogP contribution is -2.24. The summed E-state index contributed by atoms with van der Waals surface area (Å²) in [7, 11) is 1.66. The highest BCUT2D eigenvalue weighted by molar-refractivity contribution is 5.98. The number of ether oxygens (including phenoxy) is 1. The summed E-state index contributed by atoms with van der Waals surface area (Å²) in [5.41, 5.74) is 4.52. The number of nitrogens with one attached hydrogen (secondary N) is 1. The maximum Gasteiger partial charge on any atom is 0.251 e.